The first-order valence-electron chi connectivity index (χ1n) is 10.9. The predicted octanol–water partition coefficient (Wildman–Crippen LogP) is 2.86. The summed E-state index contributed by atoms with van der Waals surface area (Å²) in [4.78, 5) is 28.8. The highest BCUT2D eigenvalue weighted by molar-refractivity contribution is 6.03. The van der Waals surface area contributed by atoms with Crippen LogP contribution in [0.15, 0.2) is 30.6 Å². The van der Waals surface area contributed by atoms with E-state index in [1.54, 1.807) is 16.7 Å². The monoisotopic (exact) mass is 440 g/mol. The number of hydrogen-bond donors (Lipinski definition) is 0. The van der Waals surface area contributed by atoms with Crippen molar-refractivity contribution in [3.05, 3.63) is 30.6 Å². The molecular formula is C23H28N4O5. The molecule has 0 aliphatic carbocycles. The van der Waals surface area contributed by atoms with Gasteiger partial charge in [-0.05, 0) is 24.6 Å². The van der Waals surface area contributed by atoms with Gasteiger partial charge in [-0.3, -0.25) is 14.4 Å². The maximum absolute atomic E-state index is 13.1. The lowest BCUT2D eigenvalue weighted by molar-refractivity contribution is -0.125. The molecule has 0 N–H and O–H groups in total. The van der Waals surface area contributed by atoms with E-state index in [0.29, 0.717) is 51.0 Å². The van der Waals surface area contributed by atoms with E-state index < -0.39 is 6.09 Å². The molecule has 2 amide bonds. The van der Waals surface area contributed by atoms with Crippen LogP contribution in [0.3, 0.4) is 0 Å². The minimum atomic E-state index is -0.408. The molecule has 32 heavy (non-hydrogen) atoms. The first-order valence-corrected chi connectivity index (χ1v) is 10.9. The number of hydrogen-bond acceptors (Lipinski definition) is 6. The van der Waals surface area contributed by atoms with Crippen LogP contribution in [0.5, 0.6) is 0 Å². The molecule has 2 fully saturated rings. The third-order valence-corrected chi connectivity index (χ3v) is 6.35. The fourth-order valence-electron chi connectivity index (χ4n) is 4.37. The van der Waals surface area contributed by atoms with Crippen LogP contribution >= 0.6 is 0 Å². The Morgan fingerprint density at radius 2 is 1.97 bits per heavy atom. The highest BCUT2D eigenvalue weighted by Crippen LogP contribution is 2.39. The van der Waals surface area contributed by atoms with Gasteiger partial charge in [-0.2, -0.15) is 5.10 Å². The Morgan fingerprint density at radius 3 is 2.59 bits per heavy atom. The molecule has 2 saturated heterocycles. The van der Waals surface area contributed by atoms with Crippen molar-refractivity contribution >= 4 is 23.4 Å². The average Bonchev–Trinajstić information content (AvgIpc) is 3.17. The van der Waals surface area contributed by atoms with Gasteiger partial charge in [0.25, 0.3) is 0 Å². The van der Waals surface area contributed by atoms with Crippen molar-refractivity contribution in [2.45, 2.75) is 32.9 Å². The molecule has 1 atom stereocenters. The summed E-state index contributed by atoms with van der Waals surface area (Å²) in [5, 5.41) is 4.46. The maximum Gasteiger partial charge on any atom is 0.414 e. The minimum absolute atomic E-state index is 0.0588. The maximum atomic E-state index is 13.1. The zero-order valence-electron chi connectivity index (χ0n) is 18.6. The van der Waals surface area contributed by atoms with Crippen LogP contribution in [-0.2, 0) is 19.0 Å². The number of fused-ring (bicyclic) bond motifs is 1. The summed E-state index contributed by atoms with van der Waals surface area (Å²) in [5.41, 5.74) is 3.10. The van der Waals surface area contributed by atoms with Gasteiger partial charge in [-0.25, -0.2) is 4.79 Å². The van der Waals surface area contributed by atoms with Gasteiger partial charge in [-0.15, -0.1) is 0 Å². The van der Waals surface area contributed by atoms with Crippen molar-refractivity contribution < 1.29 is 23.8 Å². The number of anilines is 2. The number of amides is 2. The van der Waals surface area contributed by atoms with Gasteiger partial charge in [0, 0.05) is 30.6 Å². The zero-order chi connectivity index (χ0) is 22.5. The summed E-state index contributed by atoms with van der Waals surface area (Å²) in [7, 11) is 0. The quantitative estimate of drug-likeness (QED) is 0.727. The van der Waals surface area contributed by atoms with Gasteiger partial charge in [0.1, 0.15) is 6.61 Å². The van der Waals surface area contributed by atoms with Gasteiger partial charge in [0.15, 0.2) is 0 Å². The van der Waals surface area contributed by atoms with Crippen LogP contribution in [-0.4, -0.2) is 67.4 Å². The molecule has 2 aromatic rings. The molecule has 170 valence electrons. The van der Waals surface area contributed by atoms with Crippen molar-refractivity contribution in [2.75, 3.05) is 49.4 Å². The van der Waals surface area contributed by atoms with Crippen molar-refractivity contribution in [3.8, 4) is 11.1 Å². The summed E-state index contributed by atoms with van der Waals surface area (Å²) >= 11 is 0. The van der Waals surface area contributed by atoms with Crippen LogP contribution in [0, 0.1) is 5.41 Å². The van der Waals surface area contributed by atoms with Crippen LogP contribution < -0.4 is 9.80 Å². The van der Waals surface area contributed by atoms with Gasteiger partial charge in [-0.1, -0.05) is 13.0 Å². The lowest BCUT2D eigenvalue weighted by Crippen LogP contribution is -2.52. The largest absolute Gasteiger partial charge is 0.448 e. The van der Waals surface area contributed by atoms with Crippen LogP contribution in [0.4, 0.5) is 16.2 Å². The number of carbonyl (C=O) groups is 2. The van der Waals surface area contributed by atoms with E-state index >= 15 is 0 Å². The Labute approximate surface area is 186 Å². The van der Waals surface area contributed by atoms with Crippen LogP contribution in [0.2, 0.25) is 0 Å². The highest BCUT2D eigenvalue weighted by atomic mass is 16.6. The number of aromatic nitrogens is 2. The third kappa shape index (κ3) is 3.65. The summed E-state index contributed by atoms with van der Waals surface area (Å²) < 4.78 is 18.1. The molecule has 0 radical (unpaired) electrons. The molecule has 0 unspecified atom stereocenters. The van der Waals surface area contributed by atoms with E-state index in [4.69, 9.17) is 14.2 Å². The van der Waals surface area contributed by atoms with E-state index in [1.165, 1.54) is 0 Å². The number of nitrogens with zero attached hydrogens (tertiary/aromatic N) is 4. The molecule has 0 spiro atoms. The lowest BCUT2D eigenvalue weighted by Gasteiger charge is -2.41. The van der Waals surface area contributed by atoms with Crippen LogP contribution in [0.25, 0.3) is 11.1 Å². The van der Waals surface area contributed by atoms with Crippen molar-refractivity contribution in [3.63, 3.8) is 0 Å². The second-order valence-electron chi connectivity index (χ2n) is 9.31. The van der Waals surface area contributed by atoms with Crippen molar-refractivity contribution in [2.24, 2.45) is 5.41 Å². The van der Waals surface area contributed by atoms with Gasteiger partial charge in [0.05, 0.1) is 56.1 Å². The Kier molecular flexibility index (Phi) is 5.17. The van der Waals surface area contributed by atoms with Crippen molar-refractivity contribution in [1.29, 1.82) is 0 Å². The SMILES string of the molecule is CC(=O)N1c2ccc(-c3cnn(C4COC4)c3)cc2N(C(=O)OCC2(C)COC2)C[C@@H]1C. The Hall–Kier alpha value is -2.91. The highest BCUT2D eigenvalue weighted by Gasteiger charge is 2.38. The normalized spacial score (nSPS) is 22.0. The third-order valence-electron chi connectivity index (χ3n) is 6.35. The second kappa shape index (κ2) is 7.90. The number of ether oxygens (including phenoxy) is 3. The molecule has 1 aromatic carbocycles. The van der Waals surface area contributed by atoms with Gasteiger partial charge in [0.2, 0.25) is 5.91 Å². The molecule has 0 bridgehead atoms. The molecule has 9 nitrogen and oxygen atoms in total. The van der Waals surface area contributed by atoms with Gasteiger partial charge < -0.3 is 19.1 Å². The molecular weight excluding hydrogens is 412 g/mol. The van der Waals surface area contributed by atoms with E-state index in [0.717, 1.165) is 11.1 Å². The van der Waals surface area contributed by atoms with Gasteiger partial charge >= 0.3 is 6.09 Å². The first kappa shape index (κ1) is 21.0. The van der Waals surface area contributed by atoms with E-state index in [2.05, 4.69) is 5.10 Å². The predicted molar refractivity (Wildman–Crippen MR) is 118 cm³/mol. The Morgan fingerprint density at radius 1 is 1.19 bits per heavy atom. The van der Waals surface area contributed by atoms with E-state index in [9.17, 15) is 9.59 Å². The number of carbonyl (C=O) groups excluding carboxylic acids is 2. The Bertz CT molecular complexity index is 1040. The van der Waals surface area contributed by atoms with E-state index in [-0.39, 0.29) is 23.4 Å². The fraction of sp³-hybridized carbons (Fsp3) is 0.522. The Balaban J connectivity index is 1.46. The molecule has 3 aliphatic heterocycles. The fourth-order valence-corrected chi connectivity index (χ4v) is 4.37. The second-order valence-corrected chi connectivity index (χ2v) is 9.31. The molecule has 9 heteroatoms. The summed E-state index contributed by atoms with van der Waals surface area (Å²) in [5.74, 6) is -0.0588. The molecule has 0 saturated carbocycles. The molecule has 3 aliphatic rings. The summed E-state index contributed by atoms with van der Waals surface area (Å²) in [6.45, 7) is 8.70. The van der Waals surface area contributed by atoms with Crippen molar-refractivity contribution in [1.82, 2.24) is 9.78 Å². The minimum Gasteiger partial charge on any atom is -0.448 e. The molecule has 4 heterocycles. The lowest BCUT2D eigenvalue weighted by atomic mass is 9.90. The first-order chi connectivity index (χ1) is 15.3. The molecule has 1 aromatic heterocycles. The van der Waals surface area contributed by atoms with Crippen LogP contribution in [0.1, 0.15) is 26.8 Å². The smallest absolute Gasteiger partial charge is 0.414 e. The summed E-state index contributed by atoms with van der Waals surface area (Å²) in [6.07, 6.45) is 3.39. The standard InChI is InChI=1S/C23H28N4O5/c1-15-8-25(22(29)32-14-23(3)12-31-13-23)21-6-17(4-5-20(21)27(15)16(2)28)18-7-24-26(9-18)19-10-30-11-19/h4-7,9,15,19H,8,10-14H2,1-3H3/t15-/m0/s1. The summed E-state index contributed by atoms with van der Waals surface area (Å²) in [6, 6.07) is 5.89. The average molecular weight is 441 g/mol. The zero-order valence-corrected chi connectivity index (χ0v) is 18.6. The van der Waals surface area contributed by atoms with E-state index in [1.807, 2.05) is 49.1 Å². The topological polar surface area (TPSA) is 86.1 Å². The molecule has 5 rings (SSSR count). The number of rotatable bonds is 4. The number of benzene rings is 1.